The quantitative estimate of drug-likeness (QED) is 0.767. The number of aryl methyl sites for hydroxylation is 1. The standard InChI is InChI=1S/C10H11ClO3S/c1-9-3-5-10(6-4-9)15(12,13)14-8-2-7-11/h2-7H,8H2,1H3. The Kier molecular flexibility index (Phi) is 4.32. The zero-order valence-corrected chi connectivity index (χ0v) is 9.75. The van der Waals surface area contributed by atoms with E-state index < -0.39 is 10.1 Å². The molecule has 0 spiro atoms. The number of hydrogen-bond acceptors (Lipinski definition) is 3. The Morgan fingerprint density at radius 1 is 1.33 bits per heavy atom. The molecular weight excluding hydrogens is 236 g/mol. The molecule has 1 rings (SSSR count). The van der Waals surface area contributed by atoms with Crippen LogP contribution >= 0.6 is 11.6 Å². The average Bonchev–Trinajstić information content (AvgIpc) is 2.18. The lowest BCUT2D eigenvalue weighted by Gasteiger charge is -2.03. The fourth-order valence-electron chi connectivity index (χ4n) is 0.938. The second kappa shape index (κ2) is 5.30. The third kappa shape index (κ3) is 3.66. The number of halogens is 1. The van der Waals surface area contributed by atoms with Crippen molar-refractivity contribution in [3.63, 3.8) is 0 Å². The molecule has 0 saturated heterocycles. The van der Waals surface area contributed by atoms with Gasteiger partial charge in [0, 0.05) is 5.54 Å². The molecule has 0 fully saturated rings. The maximum Gasteiger partial charge on any atom is 0.297 e. The number of hydrogen-bond donors (Lipinski definition) is 0. The first kappa shape index (κ1) is 12.2. The van der Waals surface area contributed by atoms with Crippen molar-refractivity contribution in [2.45, 2.75) is 11.8 Å². The van der Waals surface area contributed by atoms with Gasteiger partial charge >= 0.3 is 0 Å². The van der Waals surface area contributed by atoms with E-state index in [4.69, 9.17) is 15.8 Å². The highest BCUT2D eigenvalue weighted by Crippen LogP contribution is 2.12. The zero-order valence-electron chi connectivity index (χ0n) is 8.18. The van der Waals surface area contributed by atoms with Gasteiger partial charge in [0.1, 0.15) is 0 Å². The van der Waals surface area contributed by atoms with Gasteiger partial charge in [-0.25, -0.2) is 0 Å². The van der Waals surface area contributed by atoms with Gasteiger partial charge in [0.05, 0.1) is 11.5 Å². The summed E-state index contributed by atoms with van der Waals surface area (Å²) in [6.45, 7) is 1.83. The smallest absolute Gasteiger partial charge is 0.262 e. The average molecular weight is 247 g/mol. The molecule has 82 valence electrons. The Bertz CT molecular complexity index is 434. The van der Waals surface area contributed by atoms with E-state index in [1.165, 1.54) is 23.7 Å². The lowest BCUT2D eigenvalue weighted by Crippen LogP contribution is -2.06. The van der Waals surface area contributed by atoms with Crippen molar-refractivity contribution in [2.24, 2.45) is 0 Å². The second-order valence-electron chi connectivity index (χ2n) is 2.91. The fourth-order valence-corrected chi connectivity index (χ4v) is 1.87. The first-order valence-corrected chi connectivity index (χ1v) is 6.12. The lowest BCUT2D eigenvalue weighted by molar-refractivity contribution is 0.357. The number of benzene rings is 1. The van der Waals surface area contributed by atoms with Gasteiger partial charge in [-0.05, 0) is 25.1 Å². The van der Waals surface area contributed by atoms with Crippen LogP contribution in [0.15, 0.2) is 40.8 Å². The van der Waals surface area contributed by atoms with Crippen molar-refractivity contribution in [3.8, 4) is 0 Å². The molecule has 0 aromatic heterocycles. The molecule has 0 aliphatic rings. The highest BCUT2D eigenvalue weighted by atomic mass is 35.5. The topological polar surface area (TPSA) is 43.4 Å². The van der Waals surface area contributed by atoms with Crippen LogP contribution in [0.3, 0.4) is 0 Å². The largest absolute Gasteiger partial charge is 0.297 e. The third-order valence-corrected chi connectivity index (χ3v) is 3.19. The van der Waals surface area contributed by atoms with Gasteiger partial charge < -0.3 is 0 Å². The summed E-state index contributed by atoms with van der Waals surface area (Å²) in [6.07, 6.45) is 1.41. The molecule has 0 radical (unpaired) electrons. The van der Waals surface area contributed by atoms with Gasteiger partial charge in [-0.15, -0.1) is 0 Å². The highest BCUT2D eigenvalue weighted by molar-refractivity contribution is 7.86. The van der Waals surface area contributed by atoms with Gasteiger partial charge in [-0.3, -0.25) is 4.18 Å². The highest BCUT2D eigenvalue weighted by Gasteiger charge is 2.13. The van der Waals surface area contributed by atoms with E-state index >= 15 is 0 Å². The molecule has 0 aliphatic heterocycles. The summed E-state index contributed by atoms with van der Waals surface area (Å²) in [6, 6.07) is 6.45. The Balaban J connectivity index is 2.82. The van der Waals surface area contributed by atoms with E-state index in [1.54, 1.807) is 12.1 Å². The van der Waals surface area contributed by atoms with Crippen molar-refractivity contribution in [1.82, 2.24) is 0 Å². The molecule has 0 aliphatic carbocycles. The van der Waals surface area contributed by atoms with E-state index in [9.17, 15) is 8.42 Å². The van der Waals surface area contributed by atoms with Crippen LogP contribution in [0.1, 0.15) is 5.56 Å². The summed E-state index contributed by atoms with van der Waals surface area (Å²) in [5.74, 6) is 0. The summed E-state index contributed by atoms with van der Waals surface area (Å²) in [7, 11) is -3.66. The molecule has 1 aromatic rings. The van der Waals surface area contributed by atoms with Crippen LogP contribution < -0.4 is 0 Å². The molecule has 0 unspecified atom stereocenters. The van der Waals surface area contributed by atoms with Crippen molar-refractivity contribution in [2.75, 3.05) is 6.61 Å². The van der Waals surface area contributed by atoms with E-state index in [-0.39, 0.29) is 11.5 Å². The Labute approximate surface area is 94.5 Å². The monoisotopic (exact) mass is 246 g/mol. The Morgan fingerprint density at radius 3 is 2.47 bits per heavy atom. The molecule has 0 saturated carbocycles. The summed E-state index contributed by atoms with van der Waals surface area (Å²) in [4.78, 5) is 0.149. The van der Waals surface area contributed by atoms with Crippen LogP contribution in [-0.2, 0) is 14.3 Å². The molecular formula is C10H11ClO3S. The maximum atomic E-state index is 11.5. The minimum absolute atomic E-state index is 0.0558. The number of rotatable bonds is 4. The predicted molar refractivity (Wildman–Crippen MR) is 59.3 cm³/mol. The molecule has 0 amide bonds. The first-order chi connectivity index (χ1) is 7.06. The van der Waals surface area contributed by atoms with E-state index in [2.05, 4.69) is 0 Å². The van der Waals surface area contributed by atoms with Crippen LogP contribution in [0.5, 0.6) is 0 Å². The van der Waals surface area contributed by atoms with E-state index in [0.29, 0.717) is 0 Å². The van der Waals surface area contributed by atoms with E-state index in [1.807, 2.05) is 6.92 Å². The molecule has 15 heavy (non-hydrogen) atoms. The summed E-state index contributed by atoms with van der Waals surface area (Å²) in [5, 5.41) is 0. The molecule has 0 atom stereocenters. The Morgan fingerprint density at radius 2 is 1.93 bits per heavy atom. The Hall–Kier alpha value is -0.840. The molecule has 1 aromatic carbocycles. The minimum Gasteiger partial charge on any atom is -0.262 e. The van der Waals surface area contributed by atoms with Crippen molar-refractivity contribution in [3.05, 3.63) is 41.4 Å². The van der Waals surface area contributed by atoms with Crippen molar-refractivity contribution >= 4 is 21.7 Å². The SMILES string of the molecule is Cc1ccc(S(=O)(=O)OCC=CCl)cc1. The van der Waals surface area contributed by atoms with Crippen molar-refractivity contribution < 1.29 is 12.6 Å². The van der Waals surface area contributed by atoms with Crippen LogP contribution in [-0.4, -0.2) is 15.0 Å². The summed E-state index contributed by atoms with van der Waals surface area (Å²) in [5.41, 5.74) is 2.21. The summed E-state index contributed by atoms with van der Waals surface area (Å²) >= 11 is 5.24. The van der Waals surface area contributed by atoms with Gasteiger partial charge in [0.2, 0.25) is 0 Å². The van der Waals surface area contributed by atoms with Gasteiger partial charge in [-0.2, -0.15) is 8.42 Å². The normalized spacial score (nSPS) is 12.1. The van der Waals surface area contributed by atoms with Crippen LogP contribution in [0.4, 0.5) is 0 Å². The van der Waals surface area contributed by atoms with Crippen LogP contribution in [0.2, 0.25) is 0 Å². The first-order valence-electron chi connectivity index (χ1n) is 4.27. The van der Waals surface area contributed by atoms with Crippen LogP contribution in [0, 0.1) is 6.92 Å². The van der Waals surface area contributed by atoms with Crippen LogP contribution in [0.25, 0.3) is 0 Å². The predicted octanol–water partition coefficient (Wildman–Crippen LogP) is 2.45. The minimum atomic E-state index is -3.66. The van der Waals surface area contributed by atoms with Gasteiger partial charge in [-0.1, -0.05) is 29.3 Å². The fraction of sp³-hybridized carbons (Fsp3) is 0.200. The zero-order chi connectivity index (χ0) is 11.3. The lowest BCUT2D eigenvalue weighted by atomic mass is 10.2. The maximum absolute atomic E-state index is 11.5. The molecule has 0 N–H and O–H groups in total. The second-order valence-corrected chi connectivity index (χ2v) is 4.78. The molecule has 0 bridgehead atoms. The third-order valence-electron chi connectivity index (χ3n) is 1.72. The van der Waals surface area contributed by atoms with Gasteiger partial charge in [0.25, 0.3) is 10.1 Å². The van der Waals surface area contributed by atoms with Gasteiger partial charge in [0.15, 0.2) is 0 Å². The van der Waals surface area contributed by atoms with E-state index in [0.717, 1.165) is 5.56 Å². The van der Waals surface area contributed by atoms with Crippen molar-refractivity contribution in [1.29, 1.82) is 0 Å². The summed E-state index contributed by atoms with van der Waals surface area (Å²) < 4.78 is 27.7. The molecule has 0 heterocycles. The molecule has 3 nitrogen and oxygen atoms in total. The molecule has 5 heteroatoms.